The van der Waals surface area contributed by atoms with Crippen LogP contribution in [0, 0.1) is 16.0 Å². The molecule has 1 aliphatic rings. The fourth-order valence-electron chi connectivity index (χ4n) is 2.28. The first-order chi connectivity index (χ1) is 7.68. The van der Waals surface area contributed by atoms with Gasteiger partial charge in [0.05, 0.1) is 4.92 Å². The van der Waals surface area contributed by atoms with Crippen LogP contribution in [0.15, 0.2) is 24.3 Å². The number of nitro benzene ring substituents is 1. The predicted octanol–water partition coefficient (Wildman–Crippen LogP) is 2.31. The first-order valence-corrected chi connectivity index (χ1v) is 5.63. The van der Waals surface area contributed by atoms with E-state index in [0.717, 1.165) is 13.1 Å². The Morgan fingerprint density at radius 1 is 1.44 bits per heavy atom. The van der Waals surface area contributed by atoms with Gasteiger partial charge in [0.1, 0.15) is 0 Å². The summed E-state index contributed by atoms with van der Waals surface area (Å²) in [4.78, 5) is 10.2. The molecule has 1 saturated heterocycles. The fraction of sp³-hybridized carbons (Fsp3) is 0.500. The zero-order chi connectivity index (χ0) is 11.5. The molecular formula is C12H16N2O2. The van der Waals surface area contributed by atoms with E-state index in [1.807, 2.05) is 12.1 Å². The van der Waals surface area contributed by atoms with E-state index in [1.165, 1.54) is 12.0 Å². The Morgan fingerprint density at radius 2 is 2.12 bits per heavy atom. The van der Waals surface area contributed by atoms with E-state index in [4.69, 9.17) is 0 Å². The fourth-order valence-corrected chi connectivity index (χ4v) is 2.28. The second-order valence-electron chi connectivity index (χ2n) is 4.39. The molecule has 2 atom stereocenters. The van der Waals surface area contributed by atoms with Crippen LogP contribution in [0.25, 0.3) is 0 Å². The van der Waals surface area contributed by atoms with Gasteiger partial charge in [0.25, 0.3) is 5.69 Å². The van der Waals surface area contributed by atoms with E-state index in [0.29, 0.717) is 11.8 Å². The van der Waals surface area contributed by atoms with Crippen LogP contribution in [0.2, 0.25) is 0 Å². The standard InChI is InChI=1S/C12H16N2O2/c1-9(11-6-7-13-8-11)10-2-4-12(5-3-10)14(15)16/h2-5,9,11,13H,6-8H2,1H3. The van der Waals surface area contributed by atoms with Gasteiger partial charge in [-0.25, -0.2) is 0 Å². The minimum Gasteiger partial charge on any atom is -0.316 e. The minimum atomic E-state index is -0.356. The number of hydrogen-bond donors (Lipinski definition) is 1. The van der Waals surface area contributed by atoms with Crippen molar-refractivity contribution in [2.75, 3.05) is 13.1 Å². The zero-order valence-electron chi connectivity index (χ0n) is 9.35. The number of hydrogen-bond acceptors (Lipinski definition) is 3. The first-order valence-electron chi connectivity index (χ1n) is 5.63. The summed E-state index contributed by atoms with van der Waals surface area (Å²) < 4.78 is 0. The average Bonchev–Trinajstić information content (AvgIpc) is 2.81. The molecule has 0 amide bonds. The SMILES string of the molecule is CC(c1ccc([N+](=O)[O-])cc1)C1CCNC1. The molecule has 0 spiro atoms. The third kappa shape index (κ3) is 2.22. The minimum absolute atomic E-state index is 0.167. The van der Waals surface area contributed by atoms with Crippen LogP contribution in [0.4, 0.5) is 5.69 Å². The Bertz CT molecular complexity index is 369. The van der Waals surface area contributed by atoms with Crippen LogP contribution in [0.5, 0.6) is 0 Å². The molecule has 1 aromatic rings. The molecule has 16 heavy (non-hydrogen) atoms. The van der Waals surface area contributed by atoms with Gasteiger partial charge in [-0.2, -0.15) is 0 Å². The van der Waals surface area contributed by atoms with Crippen LogP contribution in [0.1, 0.15) is 24.8 Å². The summed E-state index contributed by atoms with van der Waals surface area (Å²) in [6.45, 7) is 4.33. The summed E-state index contributed by atoms with van der Waals surface area (Å²) in [5.74, 6) is 1.12. The van der Waals surface area contributed by atoms with Crippen molar-refractivity contribution in [2.45, 2.75) is 19.3 Å². The molecule has 4 nitrogen and oxygen atoms in total. The number of non-ortho nitro benzene ring substituents is 1. The van der Waals surface area contributed by atoms with Crippen molar-refractivity contribution < 1.29 is 4.92 Å². The van der Waals surface area contributed by atoms with E-state index in [2.05, 4.69) is 12.2 Å². The number of benzene rings is 1. The molecular weight excluding hydrogens is 204 g/mol. The third-order valence-electron chi connectivity index (χ3n) is 3.44. The Kier molecular flexibility index (Phi) is 3.19. The van der Waals surface area contributed by atoms with Gasteiger partial charge in [0.15, 0.2) is 0 Å². The van der Waals surface area contributed by atoms with E-state index < -0.39 is 0 Å². The van der Waals surface area contributed by atoms with Gasteiger partial charge in [0.2, 0.25) is 0 Å². The topological polar surface area (TPSA) is 55.2 Å². The molecule has 1 aromatic carbocycles. The summed E-state index contributed by atoms with van der Waals surface area (Å²) in [6.07, 6.45) is 1.19. The maximum atomic E-state index is 10.5. The van der Waals surface area contributed by atoms with E-state index in [9.17, 15) is 10.1 Å². The third-order valence-corrected chi connectivity index (χ3v) is 3.44. The lowest BCUT2D eigenvalue weighted by atomic mass is 9.87. The van der Waals surface area contributed by atoms with Crippen LogP contribution in [-0.2, 0) is 0 Å². The highest BCUT2D eigenvalue weighted by Gasteiger charge is 2.22. The highest BCUT2D eigenvalue weighted by Crippen LogP contribution is 2.29. The number of nitrogens with one attached hydrogen (secondary N) is 1. The second kappa shape index (κ2) is 4.61. The molecule has 1 heterocycles. The number of nitrogens with zero attached hydrogens (tertiary/aromatic N) is 1. The van der Waals surface area contributed by atoms with Crippen molar-refractivity contribution in [1.82, 2.24) is 5.32 Å². The summed E-state index contributed by atoms with van der Waals surface area (Å²) in [6, 6.07) is 6.94. The number of nitro groups is 1. The van der Waals surface area contributed by atoms with Crippen molar-refractivity contribution in [3.63, 3.8) is 0 Å². The Balaban J connectivity index is 2.11. The molecule has 0 bridgehead atoms. The van der Waals surface area contributed by atoms with E-state index >= 15 is 0 Å². The van der Waals surface area contributed by atoms with Crippen molar-refractivity contribution in [2.24, 2.45) is 5.92 Å². The van der Waals surface area contributed by atoms with Crippen molar-refractivity contribution in [3.8, 4) is 0 Å². The smallest absolute Gasteiger partial charge is 0.269 e. The Labute approximate surface area is 94.8 Å². The van der Waals surface area contributed by atoms with Crippen molar-refractivity contribution in [1.29, 1.82) is 0 Å². The lowest BCUT2D eigenvalue weighted by Crippen LogP contribution is -2.14. The second-order valence-corrected chi connectivity index (χ2v) is 4.39. The summed E-state index contributed by atoms with van der Waals surface area (Å²) in [7, 11) is 0. The predicted molar refractivity (Wildman–Crippen MR) is 62.5 cm³/mol. The van der Waals surface area contributed by atoms with Gasteiger partial charge in [0, 0.05) is 12.1 Å². The molecule has 0 aromatic heterocycles. The van der Waals surface area contributed by atoms with E-state index in [1.54, 1.807) is 12.1 Å². The highest BCUT2D eigenvalue weighted by molar-refractivity contribution is 5.34. The molecule has 1 aliphatic heterocycles. The quantitative estimate of drug-likeness (QED) is 0.628. The zero-order valence-corrected chi connectivity index (χ0v) is 9.35. The normalized spacial score (nSPS) is 21.9. The van der Waals surface area contributed by atoms with Crippen LogP contribution < -0.4 is 5.32 Å². The summed E-state index contributed by atoms with van der Waals surface area (Å²) >= 11 is 0. The number of rotatable bonds is 3. The summed E-state index contributed by atoms with van der Waals surface area (Å²) in [5.41, 5.74) is 1.36. The average molecular weight is 220 g/mol. The molecule has 4 heteroatoms. The van der Waals surface area contributed by atoms with Crippen molar-refractivity contribution in [3.05, 3.63) is 39.9 Å². The molecule has 1 N–H and O–H groups in total. The maximum absolute atomic E-state index is 10.5. The van der Waals surface area contributed by atoms with Gasteiger partial charge < -0.3 is 5.32 Å². The Hall–Kier alpha value is -1.42. The van der Waals surface area contributed by atoms with Gasteiger partial charge in [-0.05, 0) is 36.9 Å². The van der Waals surface area contributed by atoms with Crippen LogP contribution >= 0.6 is 0 Å². The monoisotopic (exact) mass is 220 g/mol. The molecule has 2 unspecified atom stereocenters. The van der Waals surface area contributed by atoms with Gasteiger partial charge >= 0.3 is 0 Å². The van der Waals surface area contributed by atoms with Crippen LogP contribution in [-0.4, -0.2) is 18.0 Å². The largest absolute Gasteiger partial charge is 0.316 e. The first kappa shape index (κ1) is 11.1. The Morgan fingerprint density at radius 3 is 2.62 bits per heavy atom. The molecule has 2 rings (SSSR count). The van der Waals surface area contributed by atoms with E-state index in [-0.39, 0.29) is 10.6 Å². The lowest BCUT2D eigenvalue weighted by Gasteiger charge is -2.18. The van der Waals surface area contributed by atoms with Gasteiger partial charge in [-0.15, -0.1) is 0 Å². The molecule has 0 radical (unpaired) electrons. The van der Waals surface area contributed by atoms with Crippen LogP contribution in [0.3, 0.4) is 0 Å². The molecule has 86 valence electrons. The maximum Gasteiger partial charge on any atom is 0.269 e. The van der Waals surface area contributed by atoms with Gasteiger partial charge in [-0.3, -0.25) is 10.1 Å². The molecule has 0 saturated carbocycles. The highest BCUT2D eigenvalue weighted by atomic mass is 16.6. The molecule has 0 aliphatic carbocycles. The lowest BCUT2D eigenvalue weighted by molar-refractivity contribution is -0.384. The summed E-state index contributed by atoms with van der Waals surface area (Å²) in [5, 5.41) is 13.9. The molecule has 1 fully saturated rings. The van der Waals surface area contributed by atoms with Crippen molar-refractivity contribution >= 4 is 5.69 Å². The van der Waals surface area contributed by atoms with Gasteiger partial charge in [-0.1, -0.05) is 19.1 Å².